The van der Waals surface area contributed by atoms with Gasteiger partial charge in [0.25, 0.3) is 0 Å². The Kier molecular flexibility index (Phi) is 4.66. The summed E-state index contributed by atoms with van der Waals surface area (Å²) in [7, 11) is 0. The number of halogens is 4. The lowest BCUT2D eigenvalue weighted by Crippen LogP contribution is -2.33. The Balaban J connectivity index is 3.09. The van der Waals surface area contributed by atoms with Crippen LogP contribution in [0.3, 0.4) is 0 Å². The van der Waals surface area contributed by atoms with E-state index in [-0.39, 0.29) is 12.3 Å². The maximum absolute atomic E-state index is 12.9. The second kappa shape index (κ2) is 5.48. The van der Waals surface area contributed by atoms with Gasteiger partial charge in [-0.1, -0.05) is 15.9 Å². The first-order chi connectivity index (χ1) is 8.15. The number of nitrogens with one attached hydrogen (secondary N) is 1. The number of aliphatic hydroxyl groups excluding tert-OH is 1. The molecule has 18 heavy (non-hydrogen) atoms. The lowest BCUT2D eigenvalue weighted by molar-refractivity contribution is -0.137. The first-order valence-electron chi connectivity index (χ1n) is 5.41. The van der Waals surface area contributed by atoms with Gasteiger partial charge in [0.05, 0.1) is 5.56 Å². The van der Waals surface area contributed by atoms with Gasteiger partial charge in [0, 0.05) is 22.3 Å². The van der Waals surface area contributed by atoms with E-state index in [1.54, 1.807) is 19.9 Å². The highest BCUT2D eigenvalue weighted by Gasteiger charge is 2.34. The Morgan fingerprint density at radius 3 is 2.39 bits per heavy atom. The zero-order valence-corrected chi connectivity index (χ0v) is 11.7. The van der Waals surface area contributed by atoms with Gasteiger partial charge < -0.3 is 10.4 Å². The lowest BCUT2D eigenvalue weighted by Gasteiger charge is -2.28. The van der Waals surface area contributed by atoms with Crippen molar-refractivity contribution in [1.82, 2.24) is 0 Å². The molecule has 1 aromatic rings. The molecule has 0 saturated carbocycles. The van der Waals surface area contributed by atoms with Crippen molar-refractivity contribution in [2.75, 3.05) is 11.9 Å². The fraction of sp³-hybridized carbons (Fsp3) is 0.500. The molecular weight excluding hydrogens is 311 g/mol. The normalized spacial score (nSPS) is 12.6. The molecule has 0 spiro atoms. The molecule has 0 fully saturated rings. The molecule has 1 aromatic carbocycles. The largest absolute Gasteiger partial charge is 0.418 e. The van der Waals surface area contributed by atoms with Crippen molar-refractivity contribution in [3.63, 3.8) is 0 Å². The van der Waals surface area contributed by atoms with Gasteiger partial charge in [-0.05, 0) is 38.5 Å². The summed E-state index contributed by atoms with van der Waals surface area (Å²) in [5.41, 5.74) is -1.31. The van der Waals surface area contributed by atoms with Crippen LogP contribution in [-0.4, -0.2) is 17.3 Å². The van der Waals surface area contributed by atoms with Gasteiger partial charge in [-0.25, -0.2) is 0 Å². The van der Waals surface area contributed by atoms with Crippen LogP contribution in [0.2, 0.25) is 0 Å². The molecule has 0 aliphatic rings. The molecule has 0 aliphatic carbocycles. The van der Waals surface area contributed by atoms with Gasteiger partial charge in [0.1, 0.15) is 0 Å². The zero-order chi connectivity index (χ0) is 14.0. The van der Waals surface area contributed by atoms with Gasteiger partial charge in [-0.2, -0.15) is 13.2 Å². The van der Waals surface area contributed by atoms with Gasteiger partial charge >= 0.3 is 6.18 Å². The molecule has 6 heteroatoms. The van der Waals surface area contributed by atoms with Crippen LogP contribution in [0.4, 0.5) is 18.9 Å². The predicted octanol–water partition coefficient (Wildman–Crippen LogP) is 4.04. The van der Waals surface area contributed by atoms with Crippen LogP contribution in [0.25, 0.3) is 0 Å². The van der Waals surface area contributed by atoms with E-state index in [9.17, 15) is 13.2 Å². The molecule has 0 atom stereocenters. The van der Waals surface area contributed by atoms with Crippen molar-refractivity contribution in [3.05, 3.63) is 28.2 Å². The van der Waals surface area contributed by atoms with Crippen molar-refractivity contribution >= 4 is 21.6 Å². The Morgan fingerprint density at radius 2 is 1.89 bits per heavy atom. The third-order valence-corrected chi connectivity index (χ3v) is 2.99. The molecular formula is C12H15BrF3NO. The van der Waals surface area contributed by atoms with Crippen molar-refractivity contribution in [2.45, 2.75) is 32.0 Å². The van der Waals surface area contributed by atoms with E-state index in [2.05, 4.69) is 21.2 Å². The molecule has 0 amide bonds. The first kappa shape index (κ1) is 15.3. The minimum atomic E-state index is -4.42. The smallest absolute Gasteiger partial charge is 0.396 e. The Hall–Kier alpha value is -0.750. The second-order valence-electron chi connectivity index (χ2n) is 4.67. The Bertz CT molecular complexity index is 418. The molecule has 0 radical (unpaired) electrons. The van der Waals surface area contributed by atoms with Crippen LogP contribution in [0.5, 0.6) is 0 Å². The first-order valence-corrected chi connectivity index (χ1v) is 6.21. The highest BCUT2D eigenvalue weighted by Crippen LogP contribution is 2.37. The van der Waals surface area contributed by atoms with Crippen molar-refractivity contribution < 1.29 is 18.3 Å². The molecule has 0 aromatic heterocycles. The molecule has 0 aliphatic heterocycles. The number of aliphatic hydroxyl groups is 1. The molecule has 102 valence electrons. The van der Waals surface area contributed by atoms with Gasteiger partial charge in [0.15, 0.2) is 0 Å². The van der Waals surface area contributed by atoms with E-state index in [0.717, 1.165) is 6.07 Å². The van der Waals surface area contributed by atoms with E-state index in [0.29, 0.717) is 10.9 Å². The number of anilines is 1. The summed E-state index contributed by atoms with van der Waals surface area (Å²) in [4.78, 5) is 0. The van der Waals surface area contributed by atoms with Crippen LogP contribution < -0.4 is 5.32 Å². The highest BCUT2D eigenvalue weighted by molar-refractivity contribution is 9.10. The average Bonchev–Trinajstić information content (AvgIpc) is 2.18. The zero-order valence-electron chi connectivity index (χ0n) is 10.1. The van der Waals surface area contributed by atoms with Crippen molar-refractivity contribution in [3.8, 4) is 0 Å². The van der Waals surface area contributed by atoms with E-state index in [1.165, 1.54) is 6.07 Å². The lowest BCUT2D eigenvalue weighted by atomic mass is 9.99. The molecule has 0 heterocycles. The highest BCUT2D eigenvalue weighted by atomic mass is 79.9. The summed E-state index contributed by atoms with van der Waals surface area (Å²) in [5, 5.41) is 11.7. The van der Waals surface area contributed by atoms with E-state index in [4.69, 9.17) is 5.11 Å². The van der Waals surface area contributed by atoms with Crippen LogP contribution >= 0.6 is 15.9 Å². The van der Waals surface area contributed by atoms with Crippen molar-refractivity contribution in [2.24, 2.45) is 0 Å². The van der Waals surface area contributed by atoms with Gasteiger partial charge in [0.2, 0.25) is 0 Å². The van der Waals surface area contributed by atoms with Crippen LogP contribution in [0, 0.1) is 0 Å². The number of benzene rings is 1. The summed E-state index contributed by atoms with van der Waals surface area (Å²) in [6.07, 6.45) is -4.05. The Morgan fingerprint density at radius 1 is 1.28 bits per heavy atom. The van der Waals surface area contributed by atoms with Crippen LogP contribution in [0.15, 0.2) is 22.7 Å². The number of hydrogen-bond acceptors (Lipinski definition) is 2. The fourth-order valence-electron chi connectivity index (χ4n) is 1.57. The predicted molar refractivity (Wildman–Crippen MR) is 68.5 cm³/mol. The minimum Gasteiger partial charge on any atom is -0.396 e. The van der Waals surface area contributed by atoms with Gasteiger partial charge in [-0.15, -0.1) is 0 Å². The monoisotopic (exact) mass is 325 g/mol. The van der Waals surface area contributed by atoms with E-state index < -0.39 is 17.3 Å². The molecule has 2 nitrogen and oxygen atoms in total. The van der Waals surface area contributed by atoms with Crippen LogP contribution in [0.1, 0.15) is 25.8 Å². The summed E-state index contributed by atoms with van der Waals surface area (Å²) >= 11 is 3.03. The third kappa shape index (κ3) is 4.17. The standard InChI is InChI=1S/C12H15BrF3NO/c1-11(2,5-6-18)17-10-4-3-8(13)7-9(10)12(14,15)16/h3-4,7,17-18H,5-6H2,1-2H3. The quantitative estimate of drug-likeness (QED) is 0.875. The second-order valence-corrected chi connectivity index (χ2v) is 5.59. The maximum atomic E-state index is 12.9. The van der Waals surface area contributed by atoms with E-state index in [1.807, 2.05) is 0 Å². The van der Waals surface area contributed by atoms with E-state index >= 15 is 0 Å². The molecule has 2 N–H and O–H groups in total. The molecule has 0 saturated heterocycles. The van der Waals surface area contributed by atoms with Gasteiger partial charge in [-0.3, -0.25) is 0 Å². The maximum Gasteiger partial charge on any atom is 0.418 e. The minimum absolute atomic E-state index is 0.0177. The average molecular weight is 326 g/mol. The fourth-order valence-corrected chi connectivity index (χ4v) is 1.93. The third-order valence-electron chi connectivity index (χ3n) is 2.50. The SMILES string of the molecule is CC(C)(CCO)Nc1ccc(Br)cc1C(F)(F)F. The van der Waals surface area contributed by atoms with Crippen molar-refractivity contribution in [1.29, 1.82) is 0 Å². The Labute approximate surface area is 112 Å². The summed E-state index contributed by atoms with van der Waals surface area (Å²) in [5.74, 6) is 0. The number of rotatable bonds is 4. The summed E-state index contributed by atoms with van der Waals surface area (Å²) < 4.78 is 39.0. The molecule has 0 unspecified atom stereocenters. The summed E-state index contributed by atoms with van der Waals surface area (Å²) in [6.45, 7) is 3.40. The number of alkyl halides is 3. The topological polar surface area (TPSA) is 32.3 Å². The van der Waals surface area contributed by atoms with Crippen LogP contribution in [-0.2, 0) is 6.18 Å². The molecule has 1 rings (SSSR count). The molecule has 0 bridgehead atoms. The number of hydrogen-bond donors (Lipinski definition) is 2. The summed E-state index contributed by atoms with van der Waals surface area (Å²) in [6, 6.07) is 3.97.